The molecule has 0 spiro atoms. The predicted octanol–water partition coefficient (Wildman–Crippen LogP) is 2.65. The molecule has 19 heavy (non-hydrogen) atoms. The largest absolute Gasteiger partial charge is 0.494 e. The first-order chi connectivity index (χ1) is 9.21. The smallest absolute Gasteiger partial charge is 0.119 e. The van der Waals surface area contributed by atoms with Gasteiger partial charge in [-0.25, -0.2) is 0 Å². The van der Waals surface area contributed by atoms with Gasteiger partial charge in [0.2, 0.25) is 0 Å². The van der Waals surface area contributed by atoms with Crippen molar-refractivity contribution in [3.63, 3.8) is 0 Å². The van der Waals surface area contributed by atoms with E-state index in [9.17, 15) is 0 Å². The number of nitrogens with two attached hydrogens (primary N) is 1. The van der Waals surface area contributed by atoms with Crippen LogP contribution in [0, 0.1) is 5.92 Å². The van der Waals surface area contributed by atoms with Gasteiger partial charge in [-0.15, -0.1) is 0 Å². The average Bonchev–Trinajstić information content (AvgIpc) is 2.43. The second-order valence-electron chi connectivity index (χ2n) is 4.93. The number of hydrogen-bond acceptors (Lipinski definition) is 4. The van der Waals surface area contributed by atoms with Crippen LogP contribution in [0.15, 0.2) is 24.3 Å². The average molecular weight is 266 g/mol. The van der Waals surface area contributed by atoms with Crippen LogP contribution in [0.1, 0.15) is 38.3 Å². The minimum atomic E-state index is 0.144. The van der Waals surface area contributed by atoms with Gasteiger partial charge in [0, 0.05) is 19.8 Å². The van der Waals surface area contributed by atoms with Crippen molar-refractivity contribution in [1.82, 2.24) is 5.43 Å². The van der Waals surface area contributed by atoms with Gasteiger partial charge in [-0.2, -0.15) is 0 Å². The molecule has 0 aromatic heterocycles. The molecule has 2 unspecified atom stereocenters. The van der Waals surface area contributed by atoms with E-state index in [0.717, 1.165) is 31.8 Å². The van der Waals surface area contributed by atoms with Crippen LogP contribution in [0.3, 0.4) is 0 Å². The molecule has 4 nitrogen and oxygen atoms in total. The molecular weight excluding hydrogens is 240 g/mol. The Labute approximate surface area is 116 Å². The molecule has 2 atom stereocenters. The summed E-state index contributed by atoms with van der Waals surface area (Å²) in [6.45, 7) is 5.76. The van der Waals surface area contributed by atoms with Gasteiger partial charge in [-0.05, 0) is 36.5 Å². The normalized spacial score (nSPS) is 14.1. The van der Waals surface area contributed by atoms with Crippen molar-refractivity contribution in [2.45, 2.75) is 32.7 Å². The molecule has 0 aliphatic heterocycles. The summed E-state index contributed by atoms with van der Waals surface area (Å²) in [7, 11) is 1.72. The van der Waals surface area contributed by atoms with E-state index in [0.29, 0.717) is 5.92 Å². The van der Waals surface area contributed by atoms with Gasteiger partial charge in [0.1, 0.15) is 5.75 Å². The molecule has 0 bridgehead atoms. The zero-order chi connectivity index (χ0) is 14.1. The quantitative estimate of drug-likeness (QED) is 0.533. The maximum absolute atomic E-state index is 5.65. The van der Waals surface area contributed by atoms with Crippen LogP contribution in [-0.2, 0) is 4.74 Å². The molecule has 0 aliphatic carbocycles. The van der Waals surface area contributed by atoms with Gasteiger partial charge in [-0.3, -0.25) is 11.3 Å². The lowest BCUT2D eigenvalue weighted by molar-refractivity contribution is 0.149. The number of nitrogens with one attached hydrogen (secondary N) is 1. The lowest BCUT2D eigenvalue weighted by atomic mass is 9.97. The first-order valence-corrected chi connectivity index (χ1v) is 6.89. The van der Waals surface area contributed by atoms with E-state index in [-0.39, 0.29) is 6.04 Å². The van der Waals surface area contributed by atoms with Gasteiger partial charge >= 0.3 is 0 Å². The summed E-state index contributed by atoms with van der Waals surface area (Å²) >= 11 is 0. The van der Waals surface area contributed by atoms with Gasteiger partial charge in [0.05, 0.1) is 6.61 Å². The zero-order valence-electron chi connectivity index (χ0n) is 12.2. The number of ether oxygens (including phenoxy) is 2. The molecule has 0 heterocycles. The Kier molecular flexibility index (Phi) is 7.48. The Morgan fingerprint density at radius 3 is 2.47 bits per heavy atom. The van der Waals surface area contributed by atoms with E-state index in [1.165, 1.54) is 5.56 Å². The summed E-state index contributed by atoms with van der Waals surface area (Å²) in [5.41, 5.74) is 4.05. The fourth-order valence-electron chi connectivity index (χ4n) is 2.07. The maximum atomic E-state index is 5.65. The Morgan fingerprint density at radius 2 is 1.95 bits per heavy atom. The van der Waals surface area contributed by atoms with Crippen molar-refractivity contribution in [2.24, 2.45) is 11.8 Å². The molecule has 0 radical (unpaired) electrons. The highest BCUT2D eigenvalue weighted by atomic mass is 16.5. The molecular formula is C15H26N2O2. The summed E-state index contributed by atoms with van der Waals surface area (Å²) in [6, 6.07) is 8.27. The third kappa shape index (κ3) is 5.59. The highest BCUT2D eigenvalue weighted by molar-refractivity contribution is 5.29. The topological polar surface area (TPSA) is 56.5 Å². The number of hydrogen-bond donors (Lipinski definition) is 2. The Morgan fingerprint density at radius 1 is 1.26 bits per heavy atom. The van der Waals surface area contributed by atoms with Gasteiger partial charge in [0.25, 0.3) is 0 Å². The second kappa shape index (κ2) is 8.91. The van der Waals surface area contributed by atoms with Crippen molar-refractivity contribution in [3.8, 4) is 5.75 Å². The monoisotopic (exact) mass is 266 g/mol. The van der Waals surface area contributed by atoms with E-state index >= 15 is 0 Å². The molecule has 0 fully saturated rings. The van der Waals surface area contributed by atoms with Crippen molar-refractivity contribution < 1.29 is 9.47 Å². The highest BCUT2D eigenvalue weighted by Crippen LogP contribution is 2.23. The summed E-state index contributed by atoms with van der Waals surface area (Å²) in [5.74, 6) is 7.01. The molecule has 1 rings (SSSR count). The van der Waals surface area contributed by atoms with Crippen LogP contribution in [0.5, 0.6) is 5.75 Å². The second-order valence-corrected chi connectivity index (χ2v) is 4.93. The van der Waals surface area contributed by atoms with Crippen molar-refractivity contribution in [2.75, 3.05) is 20.3 Å². The maximum Gasteiger partial charge on any atom is 0.119 e. The lowest BCUT2D eigenvalue weighted by Crippen LogP contribution is -2.30. The molecule has 0 amide bonds. The Hall–Kier alpha value is -1.10. The van der Waals surface area contributed by atoms with Crippen LogP contribution in [-0.4, -0.2) is 20.3 Å². The first kappa shape index (κ1) is 16.0. The van der Waals surface area contributed by atoms with Crippen LogP contribution in [0.2, 0.25) is 0 Å². The highest BCUT2D eigenvalue weighted by Gasteiger charge is 2.14. The molecule has 3 N–H and O–H groups in total. The fraction of sp³-hybridized carbons (Fsp3) is 0.600. The predicted molar refractivity (Wildman–Crippen MR) is 77.9 cm³/mol. The third-order valence-electron chi connectivity index (χ3n) is 3.05. The summed E-state index contributed by atoms with van der Waals surface area (Å²) in [5, 5.41) is 0. The lowest BCUT2D eigenvalue weighted by Gasteiger charge is -2.20. The minimum Gasteiger partial charge on any atom is -0.494 e. The van der Waals surface area contributed by atoms with Crippen molar-refractivity contribution in [1.29, 1.82) is 0 Å². The molecule has 0 saturated heterocycles. The SMILES string of the molecule is CCCOc1ccc(C(CC(C)COC)NN)cc1. The van der Waals surface area contributed by atoms with Crippen LogP contribution in [0.25, 0.3) is 0 Å². The Bertz CT molecular complexity index is 341. The van der Waals surface area contributed by atoms with Gasteiger partial charge < -0.3 is 9.47 Å². The minimum absolute atomic E-state index is 0.144. The number of benzene rings is 1. The third-order valence-corrected chi connectivity index (χ3v) is 3.05. The van der Waals surface area contributed by atoms with E-state index in [2.05, 4.69) is 31.4 Å². The molecule has 0 saturated carbocycles. The molecule has 1 aromatic rings. The number of methoxy groups -OCH3 is 1. The number of hydrazine groups is 1. The standard InChI is InChI=1S/C15H26N2O2/c1-4-9-19-14-7-5-13(6-8-14)15(17-16)10-12(2)11-18-3/h5-8,12,15,17H,4,9-11,16H2,1-3H3. The molecule has 4 heteroatoms. The van der Waals surface area contributed by atoms with Crippen LogP contribution >= 0.6 is 0 Å². The first-order valence-electron chi connectivity index (χ1n) is 6.89. The fourth-order valence-corrected chi connectivity index (χ4v) is 2.07. The van der Waals surface area contributed by atoms with E-state index in [4.69, 9.17) is 15.3 Å². The van der Waals surface area contributed by atoms with Gasteiger partial charge in [-0.1, -0.05) is 26.0 Å². The molecule has 1 aromatic carbocycles. The van der Waals surface area contributed by atoms with Crippen LogP contribution in [0.4, 0.5) is 0 Å². The van der Waals surface area contributed by atoms with Crippen molar-refractivity contribution >= 4 is 0 Å². The summed E-state index contributed by atoms with van der Waals surface area (Å²) in [6.07, 6.45) is 1.96. The molecule has 108 valence electrons. The zero-order valence-corrected chi connectivity index (χ0v) is 12.2. The Balaban J connectivity index is 2.60. The van der Waals surface area contributed by atoms with Crippen LogP contribution < -0.4 is 16.0 Å². The van der Waals surface area contributed by atoms with E-state index in [1.54, 1.807) is 7.11 Å². The van der Waals surface area contributed by atoms with E-state index in [1.807, 2.05) is 12.1 Å². The summed E-state index contributed by atoms with van der Waals surface area (Å²) in [4.78, 5) is 0. The summed E-state index contributed by atoms with van der Waals surface area (Å²) < 4.78 is 10.7. The van der Waals surface area contributed by atoms with E-state index < -0.39 is 0 Å². The molecule has 0 aliphatic rings. The number of rotatable bonds is 9. The van der Waals surface area contributed by atoms with Gasteiger partial charge in [0.15, 0.2) is 0 Å². The van der Waals surface area contributed by atoms with Crippen molar-refractivity contribution in [3.05, 3.63) is 29.8 Å².